The normalized spacial score (nSPS) is 11.6. The van der Waals surface area contributed by atoms with Gasteiger partial charge in [0, 0.05) is 13.1 Å². The third-order valence-corrected chi connectivity index (χ3v) is 6.21. The first kappa shape index (κ1) is 18.4. The summed E-state index contributed by atoms with van der Waals surface area (Å²) in [4.78, 5) is 0.340. The van der Waals surface area contributed by atoms with Crippen molar-refractivity contribution in [2.24, 2.45) is 0 Å². The van der Waals surface area contributed by atoms with E-state index in [4.69, 9.17) is 0 Å². The molecule has 0 aliphatic heterocycles. The van der Waals surface area contributed by atoms with Crippen LogP contribution in [-0.2, 0) is 23.0 Å². The van der Waals surface area contributed by atoms with Gasteiger partial charge in [-0.2, -0.15) is 4.31 Å². The number of hydrogen-bond donors (Lipinski definition) is 0. The molecule has 3 nitrogen and oxygen atoms in total. The van der Waals surface area contributed by atoms with E-state index < -0.39 is 10.0 Å². The lowest BCUT2D eigenvalue weighted by atomic mass is 10.1. The Morgan fingerprint density at radius 1 is 0.731 bits per heavy atom. The molecule has 26 heavy (non-hydrogen) atoms. The van der Waals surface area contributed by atoms with Crippen molar-refractivity contribution < 1.29 is 8.42 Å². The molecule has 0 saturated heterocycles. The summed E-state index contributed by atoms with van der Waals surface area (Å²) >= 11 is 0. The lowest BCUT2D eigenvalue weighted by Crippen LogP contribution is -2.32. The largest absolute Gasteiger partial charge is 0.243 e. The summed E-state index contributed by atoms with van der Waals surface area (Å²) in [5.74, 6) is 0. The average molecular weight is 365 g/mol. The van der Waals surface area contributed by atoms with Crippen LogP contribution in [0.15, 0.2) is 89.8 Å². The van der Waals surface area contributed by atoms with Gasteiger partial charge in [0.05, 0.1) is 4.90 Å². The second-order valence-electron chi connectivity index (χ2n) is 6.37. The van der Waals surface area contributed by atoms with E-state index in [2.05, 4.69) is 0 Å². The second-order valence-corrected chi connectivity index (χ2v) is 8.31. The van der Waals surface area contributed by atoms with Gasteiger partial charge < -0.3 is 0 Å². The molecule has 0 N–H and O–H groups in total. The van der Waals surface area contributed by atoms with Crippen molar-refractivity contribution in [2.45, 2.75) is 24.8 Å². The molecular weight excluding hydrogens is 342 g/mol. The van der Waals surface area contributed by atoms with Crippen LogP contribution in [0.3, 0.4) is 0 Å². The number of hydrogen-bond acceptors (Lipinski definition) is 2. The first-order valence-electron chi connectivity index (χ1n) is 8.70. The highest BCUT2D eigenvalue weighted by Crippen LogP contribution is 2.20. The molecule has 0 fully saturated rings. The van der Waals surface area contributed by atoms with E-state index in [1.807, 2.05) is 79.7 Å². The van der Waals surface area contributed by atoms with Crippen molar-refractivity contribution in [1.29, 1.82) is 0 Å². The maximum absolute atomic E-state index is 13.2. The number of aryl methyl sites for hydroxylation is 1. The zero-order valence-electron chi connectivity index (χ0n) is 14.9. The minimum absolute atomic E-state index is 0.340. The average Bonchev–Trinajstić information content (AvgIpc) is 2.67. The van der Waals surface area contributed by atoms with Gasteiger partial charge in [0.1, 0.15) is 0 Å². The Morgan fingerprint density at radius 2 is 1.27 bits per heavy atom. The van der Waals surface area contributed by atoms with Gasteiger partial charge in [-0.3, -0.25) is 0 Å². The minimum atomic E-state index is -3.55. The van der Waals surface area contributed by atoms with E-state index >= 15 is 0 Å². The zero-order valence-corrected chi connectivity index (χ0v) is 15.7. The molecule has 0 saturated carbocycles. The van der Waals surface area contributed by atoms with Crippen molar-refractivity contribution in [3.63, 3.8) is 0 Å². The number of sulfonamides is 1. The molecule has 0 radical (unpaired) electrons. The molecule has 134 valence electrons. The van der Waals surface area contributed by atoms with Crippen LogP contribution in [0.5, 0.6) is 0 Å². The fourth-order valence-electron chi connectivity index (χ4n) is 2.83. The Hall–Kier alpha value is -2.43. The molecule has 3 aromatic carbocycles. The van der Waals surface area contributed by atoms with Crippen molar-refractivity contribution >= 4 is 10.0 Å². The van der Waals surface area contributed by atoms with Crippen LogP contribution in [-0.4, -0.2) is 19.3 Å². The summed E-state index contributed by atoms with van der Waals surface area (Å²) in [7, 11) is -3.55. The van der Waals surface area contributed by atoms with Crippen molar-refractivity contribution in [3.05, 3.63) is 102 Å². The molecule has 0 aromatic heterocycles. The number of rotatable bonds is 7. The third kappa shape index (κ3) is 4.59. The molecule has 0 spiro atoms. The van der Waals surface area contributed by atoms with E-state index in [1.165, 1.54) is 0 Å². The van der Waals surface area contributed by atoms with Gasteiger partial charge in [0.2, 0.25) is 10.0 Å². The third-order valence-electron chi connectivity index (χ3n) is 4.35. The van der Waals surface area contributed by atoms with Crippen LogP contribution < -0.4 is 0 Å². The Balaban J connectivity index is 1.87. The van der Waals surface area contributed by atoms with Crippen molar-refractivity contribution in [2.75, 3.05) is 6.54 Å². The van der Waals surface area contributed by atoms with Gasteiger partial charge in [-0.1, -0.05) is 78.4 Å². The molecule has 0 aliphatic rings. The molecule has 0 atom stereocenters. The summed E-state index contributed by atoms with van der Waals surface area (Å²) in [5.41, 5.74) is 3.16. The second kappa shape index (κ2) is 8.30. The summed E-state index contributed by atoms with van der Waals surface area (Å²) in [6.45, 7) is 2.76. The van der Waals surface area contributed by atoms with Crippen LogP contribution in [0.2, 0.25) is 0 Å². The van der Waals surface area contributed by atoms with Gasteiger partial charge in [0.15, 0.2) is 0 Å². The Labute approximate surface area is 156 Å². The van der Waals surface area contributed by atoms with Gasteiger partial charge >= 0.3 is 0 Å². The molecular formula is C22H23NO2S. The molecule has 0 amide bonds. The van der Waals surface area contributed by atoms with Gasteiger partial charge in [-0.15, -0.1) is 0 Å². The first-order valence-corrected chi connectivity index (χ1v) is 10.1. The van der Waals surface area contributed by atoms with Gasteiger partial charge in [-0.25, -0.2) is 8.42 Å². The quantitative estimate of drug-likeness (QED) is 0.621. The number of nitrogens with zero attached hydrogens (tertiary/aromatic N) is 1. The maximum atomic E-state index is 13.2. The Morgan fingerprint density at radius 3 is 1.85 bits per heavy atom. The SMILES string of the molecule is Cc1ccc(S(=O)(=O)N(CCc2ccccc2)Cc2ccccc2)cc1. The topological polar surface area (TPSA) is 37.4 Å². The lowest BCUT2D eigenvalue weighted by Gasteiger charge is -2.22. The van der Waals surface area contributed by atoms with E-state index in [1.54, 1.807) is 16.4 Å². The predicted octanol–water partition coefficient (Wildman–Crippen LogP) is 4.43. The van der Waals surface area contributed by atoms with Crippen molar-refractivity contribution in [3.8, 4) is 0 Å². The highest BCUT2D eigenvalue weighted by atomic mass is 32.2. The predicted molar refractivity (Wildman–Crippen MR) is 105 cm³/mol. The van der Waals surface area contributed by atoms with E-state index in [0.717, 1.165) is 16.7 Å². The summed E-state index contributed by atoms with van der Waals surface area (Å²) in [6.07, 6.45) is 0.679. The summed E-state index contributed by atoms with van der Waals surface area (Å²) in [5, 5.41) is 0. The van der Waals surface area contributed by atoms with Crippen LogP contribution in [0.1, 0.15) is 16.7 Å². The maximum Gasteiger partial charge on any atom is 0.243 e. The van der Waals surface area contributed by atoms with Crippen LogP contribution in [0, 0.1) is 6.92 Å². The van der Waals surface area contributed by atoms with Crippen molar-refractivity contribution in [1.82, 2.24) is 4.31 Å². The van der Waals surface area contributed by atoms with Crippen LogP contribution in [0.4, 0.5) is 0 Å². The summed E-state index contributed by atoms with van der Waals surface area (Å²) < 4.78 is 28.0. The Bertz CT molecular complexity index is 921. The summed E-state index contributed by atoms with van der Waals surface area (Å²) in [6, 6.07) is 26.7. The molecule has 3 rings (SSSR count). The zero-order chi connectivity index (χ0) is 18.4. The van der Waals surface area contributed by atoms with Gasteiger partial charge in [0.25, 0.3) is 0 Å². The highest BCUT2D eigenvalue weighted by molar-refractivity contribution is 7.89. The van der Waals surface area contributed by atoms with Crippen LogP contribution in [0.25, 0.3) is 0 Å². The smallest absolute Gasteiger partial charge is 0.207 e. The van der Waals surface area contributed by atoms with Crippen LogP contribution >= 0.6 is 0 Å². The number of benzene rings is 3. The fourth-order valence-corrected chi connectivity index (χ4v) is 4.26. The van der Waals surface area contributed by atoms with E-state index in [9.17, 15) is 8.42 Å². The van der Waals surface area contributed by atoms with Gasteiger partial charge in [-0.05, 0) is 36.6 Å². The lowest BCUT2D eigenvalue weighted by molar-refractivity contribution is 0.409. The fraction of sp³-hybridized carbons (Fsp3) is 0.182. The van der Waals surface area contributed by atoms with E-state index in [-0.39, 0.29) is 0 Å². The molecule has 0 heterocycles. The highest BCUT2D eigenvalue weighted by Gasteiger charge is 2.24. The van der Waals surface area contributed by atoms with E-state index in [0.29, 0.717) is 24.4 Å². The first-order chi connectivity index (χ1) is 12.6. The minimum Gasteiger partial charge on any atom is -0.207 e. The molecule has 0 bridgehead atoms. The molecule has 0 aliphatic carbocycles. The standard InChI is InChI=1S/C22H23NO2S/c1-19-12-14-22(15-13-19)26(24,25)23(18-21-10-6-3-7-11-21)17-16-20-8-4-2-5-9-20/h2-15H,16-18H2,1H3. The molecule has 0 unspecified atom stereocenters. The molecule has 3 aromatic rings. The Kier molecular flexibility index (Phi) is 5.86. The molecule has 4 heteroatoms. The monoisotopic (exact) mass is 365 g/mol.